The predicted molar refractivity (Wildman–Crippen MR) is 157 cm³/mol. The third kappa shape index (κ3) is 4.22. The zero-order chi connectivity index (χ0) is 30.9. The minimum absolute atomic E-state index is 0.0677. The lowest BCUT2D eigenvalue weighted by Gasteiger charge is -2.59. The number of aromatic nitrogens is 2. The Kier molecular flexibility index (Phi) is 7.21. The maximum atomic E-state index is 16.0. The normalized spacial score (nSPS) is 29.8. The first kappa shape index (κ1) is 29.6. The van der Waals surface area contributed by atoms with Crippen molar-refractivity contribution in [3.8, 4) is 0 Å². The van der Waals surface area contributed by atoms with Gasteiger partial charge in [-0.2, -0.15) is 0 Å². The molecule has 3 heterocycles. The van der Waals surface area contributed by atoms with Crippen LogP contribution in [-0.2, 0) is 15.0 Å². The second kappa shape index (κ2) is 10.7. The molecular formula is C31H30Cl2F3N5O3. The zero-order valence-corrected chi connectivity index (χ0v) is 25.0. The summed E-state index contributed by atoms with van der Waals surface area (Å²) >= 11 is 12.5. The summed E-state index contributed by atoms with van der Waals surface area (Å²) in [5.74, 6) is -2.13. The molecule has 3 N–H and O–H groups in total. The SMILES string of the molecule is O=C(N[C@H]1CC[C@H](c2nnco2)CC1)[C@@H]1NC2(CC(CF)(CF)C2)[C@@]2(C(=O)Nc3cc(Cl)ccc32)[C@H]1c1cccc(Cl)c1F. The van der Waals surface area contributed by atoms with Gasteiger partial charge in [0.15, 0.2) is 0 Å². The Morgan fingerprint density at radius 3 is 2.52 bits per heavy atom. The van der Waals surface area contributed by atoms with Crippen LogP contribution in [-0.4, -0.2) is 53.0 Å². The summed E-state index contributed by atoms with van der Waals surface area (Å²) in [6, 6.07) is 8.05. The largest absolute Gasteiger partial charge is 0.428 e. The van der Waals surface area contributed by atoms with Gasteiger partial charge >= 0.3 is 0 Å². The van der Waals surface area contributed by atoms with Crippen LogP contribution in [0.15, 0.2) is 47.2 Å². The third-order valence-electron chi connectivity index (χ3n) is 10.3. The summed E-state index contributed by atoms with van der Waals surface area (Å²) in [6.07, 6.45) is 3.89. The van der Waals surface area contributed by atoms with Crippen LogP contribution in [0.3, 0.4) is 0 Å². The van der Waals surface area contributed by atoms with Crippen LogP contribution < -0.4 is 16.0 Å². The fourth-order valence-corrected chi connectivity index (χ4v) is 8.85. The summed E-state index contributed by atoms with van der Waals surface area (Å²) in [5, 5.41) is 17.4. The molecule has 2 spiro atoms. The van der Waals surface area contributed by atoms with Gasteiger partial charge in [-0.25, -0.2) is 4.39 Å². The molecule has 2 aliphatic heterocycles. The molecule has 1 saturated heterocycles. The van der Waals surface area contributed by atoms with Crippen molar-refractivity contribution in [2.24, 2.45) is 5.41 Å². The fourth-order valence-electron chi connectivity index (χ4n) is 8.49. The van der Waals surface area contributed by atoms with E-state index in [2.05, 4.69) is 26.1 Å². The first-order valence-electron chi connectivity index (χ1n) is 14.7. The molecule has 2 saturated carbocycles. The van der Waals surface area contributed by atoms with Crippen LogP contribution in [0.2, 0.25) is 10.0 Å². The maximum absolute atomic E-state index is 16.0. The molecule has 3 fully saturated rings. The first-order valence-corrected chi connectivity index (χ1v) is 15.4. The smallest absolute Gasteiger partial charge is 0.238 e. The fraction of sp³-hybridized carbons (Fsp3) is 0.484. The number of anilines is 1. The number of alkyl halides is 2. The van der Waals surface area contributed by atoms with Crippen molar-refractivity contribution in [1.29, 1.82) is 0 Å². The quantitative estimate of drug-likeness (QED) is 0.314. The van der Waals surface area contributed by atoms with Crippen LogP contribution in [0.25, 0.3) is 0 Å². The van der Waals surface area contributed by atoms with E-state index in [0.717, 1.165) is 12.8 Å². The van der Waals surface area contributed by atoms with E-state index in [4.69, 9.17) is 27.6 Å². The van der Waals surface area contributed by atoms with Gasteiger partial charge in [-0.05, 0) is 67.9 Å². The van der Waals surface area contributed by atoms with Gasteiger partial charge in [0.25, 0.3) is 0 Å². The Hall–Kier alpha value is -3.15. The second-order valence-electron chi connectivity index (χ2n) is 12.7. The van der Waals surface area contributed by atoms with Crippen LogP contribution in [0, 0.1) is 11.2 Å². The highest BCUT2D eigenvalue weighted by Crippen LogP contribution is 2.68. The summed E-state index contributed by atoms with van der Waals surface area (Å²) in [6.45, 7) is -1.87. The van der Waals surface area contributed by atoms with E-state index in [9.17, 15) is 18.4 Å². The van der Waals surface area contributed by atoms with Gasteiger partial charge in [0.1, 0.15) is 11.2 Å². The van der Waals surface area contributed by atoms with Gasteiger partial charge in [0.05, 0.1) is 24.4 Å². The van der Waals surface area contributed by atoms with E-state index in [0.29, 0.717) is 35.0 Å². The molecule has 1 aromatic heterocycles. The number of halogens is 5. The van der Waals surface area contributed by atoms with E-state index in [-0.39, 0.29) is 35.4 Å². The molecule has 2 amide bonds. The van der Waals surface area contributed by atoms with Crippen LogP contribution in [0.5, 0.6) is 0 Å². The van der Waals surface area contributed by atoms with Crippen molar-refractivity contribution in [2.45, 2.75) is 73.4 Å². The Morgan fingerprint density at radius 1 is 1.09 bits per heavy atom. The lowest BCUT2D eigenvalue weighted by Crippen LogP contribution is -2.70. The molecule has 7 rings (SSSR count). The highest BCUT2D eigenvalue weighted by Gasteiger charge is 2.78. The van der Waals surface area contributed by atoms with E-state index in [1.165, 1.54) is 18.5 Å². The van der Waals surface area contributed by atoms with Crippen molar-refractivity contribution in [3.05, 3.63) is 75.7 Å². The molecule has 3 aromatic rings. The topological polar surface area (TPSA) is 109 Å². The average Bonchev–Trinajstić information content (AvgIpc) is 3.71. The number of carbonyl (C=O) groups is 2. The molecule has 3 atom stereocenters. The molecule has 0 unspecified atom stereocenters. The highest BCUT2D eigenvalue weighted by molar-refractivity contribution is 6.31. The number of carbonyl (C=O) groups excluding carboxylic acids is 2. The third-order valence-corrected chi connectivity index (χ3v) is 10.8. The molecule has 232 valence electrons. The minimum atomic E-state index is -1.59. The molecular weight excluding hydrogens is 618 g/mol. The second-order valence-corrected chi connectivity index (χ2v) is 13.6. The Morgan fingerprint density at radius 2 is 1.84 bits per heavy atom. The van der Waals surface area contributed by atoms with Crippen molar-refractivity contribution in [1.82, 2.24) is 20.8 Å². The number of nitrogens with zero attached hydrogens (tertiary/aromatic N) is 2. The van der Waals surface area contributed by atoms with Gasteiger partial charge in [0.2, 0.25) is 24.1 Å². The van der Waals surface area contributed by atoms with E-state index < -0.39 is 59.3 Å². The standard InChI is InChI=1S/C31H30Cl2F3N5O3/c32-17-6-9-20-22(10-17)39-28(43)31(20)23(19-2-1-3-21(33)24(19)36)25(40-30(31)11-29(12-30,13-34)14-35)26(42)38-18-7-4-16(5-8-18)27-41-37-15-44-27/h1-3,6,9-10,15-16,18,23,25,40H,4-5,7-8,11-14H2,(H,38,42)(H,39,43)/t16-,18-,23-,25+,31+/m0/s1. The summed E-state index contributed by atoms with van der Waals surface area (Å²) < 4.78 is 50.0. The lowest BCUT2D eigenvalue weighted by atomic mass is 9.46. The minimum Gasteiger partial charge on any atom is -0.428 e. The van der Waals surface area contributed by atoms with Gasteiger partial charge in [-0.1, -0.05) is 41.4 Å². The van der Waals surface area contributed by atoms with E-state index >= 15 is 4.39 Å². The molecule has 2 aliphatic carbocycles. The number of fused-ring (bicyclic) bond motifs is 3. The van der Waals surface area contributed by atoms with Crippen molar-refractivity contribution in [2.75, 3.05) is 18.7 Å². The summed E-state index contributed by atoms with van der Waals surface area (Å²) in [4.78, 5) is 28.6. The Bertz CT molecular complexity index is 1600. The van der Waals surface area contributed by atoms with Gasteiger partial charge in [0, 0.05) is 39.5 Å². The number of amides is 2. The van der Waals surface area contributed by atoms with Crippen molar-refractivity contribution in [3.63, 3.8) is 0 Å². The first-order chi connectivity index (χ1) is 21.2. The molecule has 4 aliphatic rings. The number of benzene rings is 2. The van der Waals surface area contributed by atoms with Gasteiger partial charge in [-0.3, -0.25) is 23.7 Å². The van der Waals surface area contributed by atoms with E-state index in [1.807, 2.05) is 0 Å². The number of rotatable bonds is 6. The molecule has 0 bridgehead atoms. The molecule has 0 radical (unpaired) electrons. The van der Waals surface area contributed by atoms with Crippen molar-refractivity contribution < 1.29 is 27.2 Å². The lowest BCUT2D eigenvalue weighted by molar-refractivity contribution is -0.131. The molecule has 8 nitrogen and oxygen atoms in total. The number of hydrogen-bond donors (Lipinski definition) is 3. The van der Waals surface area contributed by atoms with Crippen LogP contribution >= 0.6 is 23.2 Å². The monoisotopic (exact) mass is 647 g/mol. The van der Waals surface area contributed by atoms with Crippen molar-refractivity contribution >= 4 is 40.7 Å². The number of nitrogens with one attached hydrogen (secondary N) is 3. The summed E-state index contributed by atoms with van der Waals surface area (Å²) in [5.41, 5.74) is -3.21. The predicted octanol–water partition coefficient (Wildman–Crippen LogP) is 5.76. The van der Waals surface area contributed by atoms with Gasteiger partial charge < -0.3 is 15.1 Å². The Labute approximate surface area is 261 Å². The van der Waals surface area contributed by atoms with Crippen LogP contribution in [0.1, 0.15) is 67.4 Å². The average molecular weight is 649 g/mol. The van der Waals surface area contributed by atoms with Gasteiger partial charge in [-0.15, -0.1) is 10.2 Å². The summed E-state index contributed by atoms with van der Waals surface area (Å²) in [7, 11) is 0. The highest BCUT2D eigenvalue weighted by atomic mass is 35.5. The molecule has 2 aromatic carbocycles. The maximum Gasteiger partial charge on any atom is 0.238 e. The molecule has 13 heteroatoms. The Balaban J connectivity index is 1.31. The number of hydrogen-bond acceptors (Lipinski definition) is 6. The van der Waals surface area contributed by atoms with E-state index in [1.54, 1.807) is 24.3 Å². The molecule has 44 heavy (non-hydrogen) atoms. The van der Waals surface area contributed by atoms with Crippen LogP contribution in [0.4, 0.5) is 18.9 Å². The zero-order valence-electron chi connectivity index (χ0n) is 23.5.